The minimum atomic E-state index is -0.303. The Morgan fingerprint density at radius 2 is 1.00 bits per heavy atom. The summed E-state index contributed by atoms with van der Waals surface area (Å²) in [6.45, 7) is 0. The average molecular weight is 453 g/mol. The molecule has 0 N–H and O–H groups in total. The van der Waals surface area contributed by atoms with Gasteiger partial charge in [-0.1, -0.05) is 78.6 Å². The summed E-state index contributed by atoms with van der Waals surface area (Å²) in [6, 6.07) is 22.2. The molecule has 0 radical (unpaired) electrons. The maximum Gasteiger partial charge on any atom is 0.197 e. The smallest absolute Gasteiger partial charge is 0.197 e. The molecule has 0 unspecified atom stereocenters. The van der Waals surface area contributed by atoms with Crippen LogP contribution in [0.1, 0.15) is 36.6 Å². The lowest BCUT2D eigenvalue weighted by Gasteiger charge is -2.10. The normalized spacial score (nSPS) is 15.3. The van der Waals surface area contributed by atoms with Crippen LogP contribution in [0.4, 0.5) is 0 Å². The van der Waals surface area contributed by atoms with Gasteiger partial charge < -0.3 is 5.11 Å². The van der Waals surface area contributed by atoms with E-state index < -0.39 is 0 Å². The van der Waals surface area contributed by atoms with Gasteiger partial charge >= 0.3 is 0 Å². The maximum atomic E-state index is 12.8. The predicted molar refractivity (Wildman–Crippen MR) is 134 cm³/mol. The van der Waals surface area contributed by atoms with Gasteiger partial charge in [0.2, 0.25) is 0 Å². The van der Waals surface area contributed by atoms with Gasteiger partial charge in [0.1, 0.15) is 0 Å². The van der Waals surface area contributed by atoms with Gasteiger partial charge in [-0.15, -0.1) is 0 Å². The largest absolute Gasteiger partial charge is 0.872 e. The average Bonchev–Trinajstić information content (AvgIpc) is 3.25. The molecular weight excluding hydrogens is 436 g/mol. The Morgan fingerprint density at radius 1 is 0.543 bits per heavy atom. The fourth-order valence-corrected chi connectivity index (χ4v) is 4.69. The minimum Gasteiger partial charge on any atom is -0.872 e. The number of allylic oxidation sites excluding steroid dienone is 7. The molecule has 0 heterocycles. The highest BCUT2D eigenvalue weighted by Gasteiger charge is 2.32. The van der Waals surface area contributed by atoms with Crippen LogP contribution in [0.2, 0.25) is 0 Å². The van der Waals surface area contributed by atoms with Gasteiger partial charge in [0.15, 0.2) is 17.3 Å². The Morgan fingerprint density at radius 3 is 1.51 bits per heavy atom. The first-order valence-corrected chi connectivity index (χ1v) is 11.2. The van der Waals surface area contributed by atoms with Gasteiger partial charge in [-0.25, -0.2) is 0 Å². The fourth-order valence-electron chi connectivity index (χ4n) is 4.69. The molecule has 0 spiro atoms. The van der Waals surface area contributed by atoms with E-state index >= 15 is 0 Å². The summed E-state index contributed by atoms with van der Waals surface area (Å²) in [5, 5.41) is 16.4. The number of carbonyl (C=O) groups excluding carboxylic acids is 3. The van der Waals surface area contributed by atoms with Gasteiger partial charge in [0, 0.05) is 22.3 Å². The zero-order valence-corrected chi connectivity index (χ0v) is 18.4. The molecule has 0 bridgehead atoms. The summed E-state index contributed by atoms with van der Waals surface area (Å²) in [5.41, 5.74) is 1.83. The van der Waals surface area contributed by atoms with Crippen LogP contribution in [0.15, 0.2) is 114 Å². The van der Waals surface area contributed by atoms with Crippen LogP contribution < -0.4 is 5.11 Å². The van der Waals surface area contributed by atoms with Gasteiger partial charge in [-0.05, 0) is 57.4 Å². The summed E-state index contributed by atoms with van der Waals surface area (Å²) in [5.74, 6) is -1.21. The van der Waals surface area contributed by atoms with Crippen molar-refractivity contribution in [2.45, 2.75) is 0 Å². The Hall–Kier alpha value is -4.83. The van der Waals surface area contributed by atoms with E-state index in [1.807, 2.05) is 48.5 Å². The molecule has 4 heteroatoms. The maximum absolute atomic E-state index is 12.8. The predicted octanol–water partition coefficient (Wildman–Crippen LogP) is 5.38. The van der Waals surface area contributed by atoms with E-state index in [9.17, 15) is 19.5 Å². The zero-order valence-electron chi connectivity index (χ0n) is 18.4. The second-order valence-electron chi connectivity index (χ2n) is 8.54. The highest BCUT2D eigenvalue weighted by atomic mass is 16.3. The molecule has 166 valence electrons. The van der Waals surface area contributed by atoms with E-state index in [4.69, 9.17) is 0 Å². The number of benzene rings is 4. The van der Waals surface area contributed by atoms with Gasteiger partial charge in [-0.2, -0.15) is 0 Å². The van der Waals surface area contributed by atoms with E-state index in [1.54, 1.807) is 42.5 Å². The Labute approximate surface area is 200 Å². The molecule has 4 aromatic carbocycles. The Kier molecular flexibility index (Phi) is 4.68. The van der Waals surface area contributed by atoms with Crippen molar-refractivity contribution >= 4 is 44.7 Å². The van der Waals surface area contributed by atoms with E-state index in [0.29, 0.717) is 22.3 Å². The first-order chi connectivity index (χ1) is 17.0. The first kappa shape index (κ1) is 20.8. The second kappa shape index (κ2) is 7.89. The topological polar surface area (TPSA) is 74.3 Å². The molecule has 0 aromatic heterocycles. The number of ketones is 3. The molecule has 2 aliphatic carbocycles. The quantitative estimate of drug-likeness (QED) is 0.237. The Bertz CT molecular complexity index is 1690. The molecule has 0 fully saturated rings. The zero-order chi connectivity index (χ0) is 24.1. The highest BCUT2D eigenvalue weighted by molar-refractivity contribution is 6.40. The van der Waals surface area contributed by atoms with Crippen LogP contribution in [-0.2, 0) is 0 Å². The van der Waals surface area contributed by atoms with Crippen molar-refractivity contribution in [1.82, 2.24) is 0 Å². The monoisotopic (exact) mass is 453 g/mol. The molecule has 0 amide bonds. The number of hydrogen-bond acceptors (Lipinski definition) is 4. The van der Waals surface area contributed by atoms with E-state index in [0.717, 1.165) is 21.5 Å². The van der Waals surface area contributed by atoms with Crippen LogP contribution in [0, 0.1) is 0 Å². The lowest BCUT2D eigenvalue weighted by molar-refractivity contribution is -0.244. The number of Topliss-reactive ketones (excluding diaryl/α,β-unsaturated/α-hetero) is 3. The molecule has 0 saturated carbocycles. The minimum absolute atomic E-state index is 0.0970. The van der Waals surface area contributed by atoms with Gasteiger partial charge in [-0.3, -0.25) is 14.4 Å². The summed E-state index contributed by atoms with van der Waals surface area (Å²) >= 11 is 0. The van der Waals surface area contributed by atoms with Crippen molar-refractivity contribution < 1.29 is 19.5 Å². The summed E-state index contributed by atoms with van der Waals surface area (Å²) in [7, 11) is 0. The third-order valence-corrected chi connectivity index (χ3v) is 6.48. The van der Waals surface area contributed by atoms with Crippen molar-refractivity contribution in [2.75, 3.05) is 0 Å². The van der Waals surface area contributed by atoms with Gasteiger partial charge in [0.05, 0.1) is 5.57 Å². The molecule has 0 aliphatic heterocycles. The second-order valence-corrected chi connectivity index (χ2v) is 8.54. The van der Waals surface area contributed by atoms with Crippen LogP contribution in [0.25, 0.3) is 27.3 Å². The Balaban J connectivity index is 1.25. The number of fused-ring (bicyclic) bond motifs is 4. The van der Waals surface area contributed by atoms with Crippen molar-refractivity contribution in [2.24, 2.45) is 0 Å². The van der Waals surface area contributed by atoms with Crippen LogP contribution >= 0.6 is 0 Å². The summed E-state index contributed by atoms with van der Waals surface area (Å²) in [6.07, 6.45) is 7.69. The van der Waals surface area contributed by atoms with E-state index in [-0.39, 0.29) is 34.3 Å². The third-order valence-electron chi connectivity index (χ3n) is 6.48. The lowest BCUT2D eigenvalue weighted by atomic mass is 10.0. The molecule has 0 atom stereocenters. The summed E-state index contributed by atoms with van der Waals surface area (Å²) in [4.78, 5) is 38.4. The van der Waals surface area contributed by atoms with Crippen molar-refractivity contribution in [1.29, 1.82) is 0 Å². The van der Waals surface area contributed by atoms with E-state index in [2.05, 4.69) is 0 Å². The third kappa shape index (κ3) is 3.27. The van der Waals surface area contributed by atoms with Crippen molar-refractivity contribution in [3.8, 4) is 0 Å². The van der Waals surface area contributed by atoms with Crippen LogP contribution in [0.5, 0.6) is 0 Å². The van der Waals surface area contributed by atoms with Crippen molar-refractivity contribution in [3.63, 3.8) is 0 Å². The molecule has 0 saturated heterocycles. The summed E-state index contributed by atoms with van der Waals surface area (Å²) < 4.78 is 0. The molecule has 4 nitrogen and oxygen atoms in total. The van der Waals surface area contributed by atoms with Crippen LogP contribution in [-0.4, -0.2) is 17.3 Å². The SMILES string of the molecule is O=C1C(=CC=CC=CC2=C([O-])c3cc4ccccc4cc3C2=O)C(=O)c2cc3ccccc3cc21. The first-order valence-electron chi connectivity index (χ1n) is 11.2. The molecule has 2 aliphatic rings. The molecule has 6 rings (SSSR count). The lowest BCUT2D eigenvalue weighted by Crippen LogP contribution is -2.02. The fraction of sp³-hybridized carbons (Fsp3) is 0. The van der Waals surface area contributed by atoms with Crippen LogP contribution in [0.3, 0.4) is 0 Å². The van der Waals surface area contributed by atoms with Gasteiger partial charge in [0.25, 0.3) is 0 Å². The highest BCUT2D eigenvalue weighted by Crippen LogP contribution is 2.33. The molecule has 4 aromatic rings. The standard InChI is InChI=1S/C31H18O4/c32-28-22(29(33)25-15-19-9-5-4-8-18(19)14-24(25)28)12-2-1-3-13-23-30(34)26-16-20-10-6-7-11-21(20)17-27(26)31(23)35/h1-17,32H/p-1. The number of carbonyl (C=O) groups is 3. The number of hydrogen-bond donors (Lipinski definition) is 0. The molecular formula is C31H17O4-. The molecule has 35 heavy (non-hydrogen) atoms. The number of rotatable bonds is 3. The van der Waals surface area contributed by atoms with E-state index in [1.165, 1.54) is 12.2 Å². The van der Waals surface area contributed by atoms with Crippen molar-refractivity contribution in [3.05, 3.63) is 137 Å².